The molecule has 0 aromatic carbocycles. The van der Waals surface area contributed by atoms with Crippen LogP contribution in [0.4, 0.5) is 0 Å². The van der Waals surface area contributed by atoms with Crippen molar-refractivity contribution in [3.05, 3.63) is 0 Å². The topological polar surface area (TPSA) is 21.6 Å². The normalized spacial score (nSPS) is 29.2. The van der Waals surface area contributed by atoms with Gasteiger partial charge in [-0.05, 0) is 0 Å². The van der Waals surface area contributed by atoms with Crippen LogP contribution in [0, 0.1) is 0 Å². The van der Waals surface area contributed by atoms with Gasteiger partial charge in [0.15, 0.2) is 0 Å². The molecule has 0 fully saturated rings. The van der Waals surface area contributed by atoms with Crippen LogP contribution in [0.25, 0.3) is 0 Å². The fourth-order valence-corrected chi connectivity index (χ4v) is 0.372. The molecule has 1 aliphatic rings. The Morgan fingerprint density at radius 1 is 2.00 bits per heavy atom. The molecule has 3 heteroatoms. The van der Waals surface area contributed by atoms with E-state index in [0.29, 0.717) is 6.04 Å². The van der Waals surface area contributed by atoms with Gasteiger partial charge in [0, 0.05) is 0 Å². The first kappa shape index (κ1) is 3.84. The molecular weight excluding hydrogens is 76.9 g/mol. The average molecular weight is 82.9 g/mol. The standard InChI is InChI=1S/C3H6BNO/c1-3-2-6-4-5-3/h3H,2H2,1H3. The molecule has 32 valence electrons. The molecule has 0 aromatic heterocycles. The Morgan fingerprint density at radius 2 is 2.83 bits per heavy atom. The molecule has 1 heterocycles. The van der Waals surface area contributed by atoms with Gasteiger partial charge in [0.25, 0.3) is 0 Å². The predicted octanol–water partition coefficient (Wildman–Crippen LogP) is 0.208. The van der Waals surface area contributed by atoms with Crippen LogP contribution in [0.1, 0.15) is 6.92 Å². The number of hydrogen-bond donors (Lipinski definition) is 0. The number of nitrogens with zero attached hydrogens (tertiary/aromatic N) is 1. The maximum atomic E-state index is 4.77. The van der Waals surface area contributed by atoms with Crippen LogP contribution >= 0.6 is 0 Å². The summed E-state index contributed by atoms with van der Waals surface area (Å²) in [5, 5.41) is 0. The summed E-state index contributed by atoms with van der Waals surface area (Å²) in [6, 6.07) is 0.394. The van der Waals surface area contributed by atoms with Crippen molar-refractivity contribution < 1.29 is 4.65 Å². The van der Waals surface area contributed by atoms with Crippen molar-refractivity contribution in [1.82, 2.24) is 0 Å². The van der Waals surface area contributed by atoms with Crippen molar-refractivity contribution in [2.75, 3.05) is 6.61 Å². The fourth-order valence-electron chi connectivity index (χ4n) is 0.372. The summed E-state index contributed by atoms with van der Waals surface area (Å²) in [4.78, 5) is 3.89. The molecule has 0 amide bonds. The van der Waals surface area contributed by atoms with Gasteiger partial charge in [0.1, 0.15) is 0 Å². The van der Waals surface area contributed by atoms with E-state index in [1.165, 1.54) is 7.27 Å². The van der Waals surface area contributed by atoms with Crippen LogP contribution < -0.4 is 0 Å². The van der Waals surface area contributed by atoms with Gasteiger partial charge in [0.2, 0.25) is 0 Å². The Kier molecular flexibility index (Phi) is 0.903. The van der Waals surface area contributed by atoms with E-state index in [1.54, 1.807) is 0 Å². The third kappa shape index (κ3) is 0.586. The first-order chi connectivity index (χ1) is 2.89. The number of hydrogen-bond acceptors (Lipinski definition) is 2. The molecule has 0 saturated heterocycles. The molecule has 6 heavy (non-hydrogen) atoms. The first-order valence-corrected chi connectivity index (χ1v) is 2.03. The molecule has 0 aromatic rings. The summed E-state index contributed by atoms with van der Waals surface area (Å²) in [7, 11) is 1.50. The Bertz CT molecular complexity index is 73.2. The van der Waals surface area contributed by atoms with Crippen molar-refractivity contribution in [3.63, 3.8) is 0 Å². The average Bonchev–Trinajstić information content (AvgIpc) is 1.86. The van der Waals surface area contributed by atoms with E-state index in [2.05, 4.69) is 4.90 Å². The molecule has 1 aliphatic heterocycles. The molecule has 0 saturated carbocycles. The van der Waals surface area contributed by atoms with Crippen molar-refractivity contribution in [3.8, 4) is 0 Å². The van der Waals surface area contributed by atoms with E-state index >= 15 is 0 Å². The van der Waals surface area contributed by atoms with Crippen molar-refractivity contribution in [2.45, 2.75) is 13.0 Å². The van der Waals surface area contributed by atoms with Gasteiger partial charge in [0.05, 0.1) is 0 Å². The zero-order chi connectivity index (χ0) is 4.41. The summed E-state index contributed by atoms with van der Waals surface area (Å²) >= 11 is 0. The Morgan fingerprint density at radius 3 is 3.00 bits per heavy atom. The SMILES string of the molecule is CC1COB=N1. The Balaban J connectivity index is 2.38. The zero-order valence-corrected chi connectivity index (χ0v) is 3.72. The van der Waals surface area contributed by atoms with Crippen LogP contribution in [0.2, 0.25) is 0 Å². The van der Waals surface area contributed by atoms with Gasteiger partial charge in [-0.25, -0.2) is 0 Å². The molecule has 1 rings (SSSR count). The quantitative estimate of drug-likeness (QED) is 0.383. The van der Waals surface area contributed by atoms with Gasteiger partial charge >= 0.3 is 36.4 Å². The third-order valence-electron chi connectivity index (χ3n) is 0.727. The van der Waals surface area contributed by atoms with Crippen LogP contribution in [0.5, 0.6) is 0 Å². The van der Waals surface area contributed by atoms with E-state index in [-0.39, 0.29) is 0 Å². The van der Waals surface area contributed by atoms with E-state index in [0.717, 1.165) is 6.61 Å². The minimum atomic E-state index is 0.394. The van der Waals surface area contributed by atoms with Crippen LogP contribution in [0.15, 0.2) is 4.90 Å². The Labute approximate surface area is 37.5 Å². The molecule has 0 bridgehead atoms. The van der Waals surface area contributed by atoms with Gasteiger partial charge in [-0.15, -0.1) is 0 Å². The number of rotatable bonds is 0. The maximum absolute atomic E-state index is 4.77. The molecule has 0 N–H and O–H groups in total. The second-order valence-electron chi connectivity index (χ2n) is 1.44. The summed E-state index contributed by atoms with van der Waals surface area (Å²) in [5.41, 5.74) is 0. The first-order valence-electron chi connectivity index (χ1n) is 2.03. The molecule has 0 aliphatic carbocycles. The zero-order valence-electron chi connectivity index (χ0n) is 3.72. The van der Waals surface area contributed by atoms with Crippen LogP contribution in [0.3, 0.4) is 0 Å². The molecule has 0 spiro atoms. The van der Waals surface area contributed by atoms with Gasteiger partial charge in [-0.1, -0.05) is 0 Å². The molecule has 1 unspecified atom stereocenters. The predicted molar refractivity (Wildman–Crippen MR) is 23.6 cm³/mol. The van der Waals surface area contributed by atoms with Gasteiger partial charge < -0.3 is 0 Å². The molecule has 2 nitrogen and oxygen atoms in total. The second-order valence-corrected chi connectivity index (χ2v) is 1.44. The van der Waals surface area contributed by atoms with E-state index in [9.17, 15) is 0 Å². The van der Waals surface area contributed by atoms with E-state index in [1.807, 2.05) is 6.92 Å². The minimum absolute atomic E-state index is 0.394. The molecule has 0 radical (unpaired) electrons. The van der Waals surface area contributed by atoms with E-state index in [4.69, 9.17) is 4.65 Å². The van der Waals surface area contributed by atoms with Crippen molar-refractivity contribution >= 4 is 7.27 Å². The Hall–Kier alpha value is -0.335. The fraction of sp³-hybridized carbons (Fsp3) is 1.00. The monoisotopic (exact) mass is 83.1 g/mol. The van der Waals surface area contributed by atoms with Crippen LogP contribution in [-0.2, 0) is 4.65 Å². The third-order valence-corrected chi connectivity index (χ3v) is 0.727. The van der Waals surface area contributed by atoms with Crippen molar-refractivity contribution in [2.24, 2.45) is 4.90 Å². The molecule has 1 atom stereocenters. The van der Waals surface area contributed by atoms with Gasteiger partial charge in [-0.2, -0.15) is 0 Å². The summed E-state index contributed by atoms with van der Waals surface area (Å²) in [6.45, 7) is 2.78. The summed E-state index contributed by atoms with van der Waals surface area (Å²) in [6.07, 6.45) is 0. The second kappa shape index (κ2) is 1.41. The van der Waals surface area contributed by atoms with Crippen LogP contribution in [-0.4, -0.2) is 19.9 Å². The van der Waals surface area contributed by atoms with E-state index < -0.39 is 0 Å². The summed E-state index contributed by atoms with van der Waals surface area (Å²) in [5.74, 6) is 0. The van der Waals surface area contributed by atoms with Crippen molar-refractivity contribution in [1.29, 1.82) is 0 Å². The summed E-state index contributed by atoms with van der Waals surface area (Å²) < 4.78 is 4.77. The molecular formula is C3H6BNO. The van der Waals surface area contributed by atoms with Gasteiger partial charge in [-0.3, -0.25) is 0 Å².